The zero-order valence-electron chi connectivity index (χ0n) is 20.0. The molecule has 4 aromatic carbocycles. The van der Waals surface area contributed by atoms with Crippen molar-refractivity contribution < 1.29 is 5.11 Å². The Morgan fingerprint density at radius 1 is 0.686 bits per heavy atom. The molecule has 0 saturated carbocycles. The van der Waals surface area contributed by atoms with E-state index in [9.17, 15) is 5.11 Å². The quantitative estimate of drug-likeness (QED) is 0.379. The number of piperidine rings is 1. The number of aliphatic hydroxyl groups is 1. The van der Waals surface area contributed by atoms with E-state index in [0.29, 0.717) is 5.92 Å². The van der Waals surface area contributed by atoms with E-state index in [1.165, 1.54) is 39.8 Å². The summed E-state index contributed by atoms with van der Waals surface area (Å²) in [6.07, 6.45) is 2.73. The average Bonchev–Trinajstić information content (AvgIpc) is 3.43. The van der Waals surface area contributed by atoms with Gasteiger partial charge in [-0.2, -0.15) is 0 Å². The van der Waals surface area contributed by atoms with Crippen LogP contribution >= 0.6 is 0 Å². The highest BCUT2D eigenvalue weighted by Crippen LogP contribution is 2.60. The summed E-state index contributed by atoms with van der Waals surface area (Å²) in [6, 6.07) is 37.2. The van der Waals surface area contributed by atoms with Crippen molar-refractivity contribution in [3.8, 4) is 11.1 Å². The van der Waals surface area contributed by atoms with E-state index >= 15 is 0 Å². The van der Waals surface area contributed by atoms with Gasteiger partial charge < -0.3 is 10.0 Å². The number of hydrogen-bond donors (Lipinski definition) is 1. The van der Waals surface area contributed by atoms with Crippen LogP contribution in [-0.4, -0.2) is 29.6 Å². The molecule has 0 unspecified atom stereocenters. The maximum atomic E-state index is 11.7. The summed E-state index contributed by atoms with van der Waals surface area (Å²) in [5.41, 5.74) is 8.85. The second kappa shape index (κ2) is 7.91. The molecular formula is C33H31NO. The van der Waals surface area contributed by atoms with E-state index in [1.54, 1.807) is 0 Å². The van der Waals surface area contributed by atoms with Crippen LogP contribution in [0.15, 0.2) is 103 Å². The molecule has 3 aliphatic rings. The lowest BCUT2D eigenvalue weighted by Crippen LogP contribution is -2.47. The van der Waals surface area contributed by atoms with E-state index in [4.69, 9.17) is 0 Å². The molecule has 1 fully saturated rings. The standard InChI is InChI=1S/C33H31NO/c35-33(26-12-8-11-25(21-26)24-9-2-1-3-10-24)17-19-34(20-18-33)23-32-22-29(27-13-4-6-15-30(27)32)28-14-5-7-16-31(28)32/h1-16,21,29,35H,17-20,22-23H2. The fraction of sp³-hybridized carbons (Fsp3) is 0.273. The van der Waals surface area contributed by atoms with E-state index < -0.39 is 5.60 Å². The number of likely N-dealkylation sites (tertiary alicyclic amines) is 1. The lowest BCUT2D eigenvalue weighted by Gasteiger charge is -2.43. The molecule has 0 atom stereocenters. The highest BCUT2D eigenvalue weighted by molar-refractivity contribution is 5.65. The zero-order valence-corrected chi connectivity index (χ0v) is 20.0. The molecule has 2 heteroatoms. The topological polar surface area (TPSA) is 23.5 Å². The highest BCUT2D eigenvalue weighted by atomic mass is 16.3. The SMILES string of the molecule is OC1(c2cccc(-c3ccccc3)c2)CCN(CC23CC(c4ccccc42)c2ccccc23)CC1. The Morgan fingerprint density at radius 2 is 1.29 bits per heavy atom. The maximum absolute atomic E-state index is 11.7. The first-order valence-electron chi connectivity index (χ1n) is 13.0. The van der Waals surface area contributed by atoms with Crippen molar-refractivity contribution in [2.24, 2.45) is 0 Å². The molecule has 4 aromatic rings. The summed E-state index contributed by atoms with van der Waals surface area (Å²) in [4.78, 5) is 2.61. The molecule has 2 nitrogen and oxygen atoms in total. The number of benzene rings is 4. The first kappa shape index (κ1) is 21.1. The molecule has 2 bridgehead atoms. The van der Waals surface area contributed by atoms with E-state index in [0.717, 1.165) is 38.0 Å². The molecule has 1 heterocycles. The average molecular weight is 458 g/mol. The van der Waals surface area contributed by atoms with Crippen molar-refractivity contribution >= 4 is 0 Å². The van der Waals surface area contributed by atoms with Crippen molar-refractivity contribution in [3.63, 3.8) is 0 Å². The Kier molecular flexibility index (Phi) is 4.77. The smallest absolute Gasteiger partial charge is 0.0921 e. The van der Waals surface area contributed by atoms with Crippen LogP contribution in [0, 0.1) is 0 Å². The third-order valence-electron chi connectivity index (χ3n) is 8.94. The van der Waals surface area contributed by atoms with Crippen LogP contribution in [0.4, 0.5) is 0 Å². The fourth-order valence-electron chi connectivity index (χ4n) is 7.18. The van der Waals surface area contributed by atoms with Gasteiger partial charge in [0.15, 0.2) is 0 Å². The summed E-state index contributed by atoms with van der Waals surface area (Å²) in [7, 11) is 0. The zero-order chi connectivity index (χ0) is 23.5. The number of fused-ring (bicyclic) bond motifs is 8. The molecular weight excluding hydrogens is 426 g/mol. The van der Waals surface area contributed by atoms with Crippen molar-refractivity contribution in [1.29, 1.82) is 0 Å². The van der Waals surface area contributed by atoms with Gasteiger partial charge in [-0.15, -0.1) is 0 Å². The molecule has 1 aliphatic heterocycles. The van der Waals surface area contributed by atoms with Gasteiger partial charge in [0.2, 0.25) is 0 Å². The number of nitrogens with zero attached hydrogens (tertiary/aromatic N) is 1. The molecule has 7 rings (SSSR count). The highest BCUT2D eigenvalue weighted by Gasteiger charge is 2.53. The van der Waals surface area contributed by atoms with Crippen LogP contribution in [0.1, 0.15) is 53.0 Å². The van der Waals surface area contributed by atoms with Gasteiger partial charge in [-0.1, -0.05) is 97.1 Å². The third-order valence-corrected chi connectivity index (χ3v) is 8.94. The summed E-state index contributed by atoms with van der Waals surface area (Å²) >= 11 is 0. The van der Waals surface area contributed by atoms with Crippen LogP contribution in [0.25, 0.3) is 11.1 Å². The fourth-order valence-corrected chi connectivity index (χ4v) is 7.18. The first-order chi connectivity index (χ1) is 17.2. The Morgan fingerprint density at radius 3 is 1.97 bits per heavy atom. The largest absolute Gasteiger partial charge is 0.385 e. The van der Waals surface area contributed by atoms with Crippen molar-refractivity contribution in [2.75, 3.05) is 19.6 Å². The van der Waals surface area contributed by atoms with Crippen molar-refractivity contribution in [3.05, 3.63) is 131 Å². The lowest BCUT2D eigenvalue weighted by molar-refractivity contribution is -0.0289. The van der Waals surface area contributed by atoms with Gasteiger partial charge in [0, 0.05) is 31.0 Å². The molecule has 1 N–H and O–H groups in total. The third kappa shape index (κ3) is 3.24. The molecule has 174 valence electrons. The predicted molar refractivity (Wildman–Crippen MR) is 142 cm³/mol. The van der Waals surface area contributed by atoms with Crippen LogP contribution < -0.4 is 0 Å². The molecule has 0 amide bonds. The number of hydrogen-bond acceptors (Lipinski definition) is 2. The summed E-state index contributed by atoms with van der Waals surface area (Å²) in [5, 5.41) is 11.7. The molecule has 2 aliphatic carbocycles. The van der Waals surface area contributed by atoms with Gasteiger partial charge in [-0.25, -0.2) is 0 Å². The van der Waals surface area contributed by atoms with Gasteiger partial charge >= 0.3 is 0 Å². The van der Waals surface area contributed by atoms with Gasteiger partial charge in [0.25, 0.3) is 0 Å². The first-order valence-corrected chi connectivity index (χ1v) is 13.0. The Bertz CT molecular complexity index is 1340. The van der Waals surface area contributed by atoms with E-state index in [2.05, 4.69) is 102 Å². The Hall–Kier alpha value is -3.20. The molecule has 0 aromatic heterocycles. The minimum absolute atomic E-state index is 0.0839. The second-order valence-electron chi connectivity index (χ2n) is 10.8. The molecule has 35 heavy (non-hydrogen) atoms. The van der Waals surface area contributed by atoms with Crippen LogP contribution in [0.2, 0.25) is 0 Å². The minimum atomic E-state index is -0.761. The molecule has 1 saturated heterocycles. The summed E-state index contributed by atoms with van der Waals surface area (Å²) < 4.78 is 0. The minimum Gasteiger partial charge on any atom is -0.385 e. The van der Waals surface area contributed by atoms with Gasteiger partial charge in [-0.05, 0) is 64.3 Å². The summed E-state index contributed by atoms with van der Waals surface area (Å²) in [6.45, 7) is 2.88. The molecule has 0 spiro atoms. The van der Waals surface area contributed by atoms with Crippen LogP contribution in [-0.2, 0) is 11.0 Å². The Balaban J connectivity index is 1.14. The maximum Gasteiger partial charge on any atom is 0.0921 e. The monoisotopic (exact) mass is 457 g/mol. The predicted octanol–water partition coefficient (Wildman–Crippen LogP) is 6.47. The molecule has 0 radical (unpaired) electrons. The van der Waals surface area contributed by atoms with E-state index in [1.807, 2.05) is 6.07 Å². The van der Waals surface area contributed by atoms with Crippen molar-refractivity contribution in [2.45, 2.75) is 36.2 Å². The second-order valence-corrected chi connectivity index (χ2v) is 10.8. The Labute approximate surface area is 207 Å². The van der Waals surface area contributed by atoms with Crippen LogP contribution in [0.3, 0.4) is 0 Å². The normalized spacial score (nSPS) is 24.2. The van der Waals surface area contributed by atoms with Gasteiger partial charge in [-0.3, -0.25) is 0 Å². The van der Waals surface area contributed by atoms with Crippen molar-refractivity contribution in [1.82, 2.24) is 4.90 Å². The van der Waals surface area contributed by atoms with E-state index in [-0.39, 0.29) is 5.41 Å². The summed E-state index contributed by atoms with van der Waals surface area (Å²) in [5.74, 6) is 0.532. The lowest BCUT2D eigenvalue weighted by atomic mass is 9.74. The number of rotatable bonds is 4. The van der Waals surface area contributed by atoms with Crippen LogP contribution in [0.5, 0.6) is 0 Å². The van der Waals surface area contributed by atoms with Gasteiger partial charge in [0.1, 0.15) is 0 Å². The van der Waals surface area contributed by atoms with Gasteiger partial charge in [0.05, 0.1) is 5.60 Å².